The summed E-state index contributed by atoms with van der Waals surface area (Å²) in [5.41, 5.74) is 8.28. The van der Waals surface area contributed by atoms with Crippen molar-refractivity contribution in [2.24, 2.45) is 17.1 Å². The molecule has 0 spiro atoms. The molecule has 0 bridgehead atoms. The van der Waals surface area contributed by atoms with E-state index >= 15 is 0 Å². The van der Waals surface area contributed by atoms with E-state index in [1.54, 1.807) is 0 Å². The third-order valence-corrected chi connectivity index (χ3v) is 5.18. The topological polar surface area (TPSA) is 29.3 Å². The van der Waals surface area contributed by atoms with E-state index in [-0.39, 0.29) is 0 Å². The van der Waals surface area contributed by atoms with E-state index < -0.39 is 0 Å². The van der Waals surface area contributed by atoms with Crippen LogP contribution in [0.2, 0.25) is 0 Å². The summed E-state index contributed by atoms with van der Waals surface area (Å²) in [6.07, 6.45) is 2.52. The first-order valence-electron chi connectivity index (χ1n) is 7.13. The summed E-state index contributed by atoms with van der Waals surface area (Å²) in [5, 5.41) is 0. The molecule has 0 aliphatic carbocycles. The Kier molecular flexibility index (Phi) is 4.75. The molecule has 1 heterocycles. The summed E-state index contributed by atoms with van der Waals surface area (Å²) < 4.78 is 0.987. The van der Waals surface area contributed by atoms with Crippen LogP contribution in [0, 0.1) is 11.3 Å². The minimum Gasteiger partial charge on any atom is -0.389 e. The van der Waals surface area contributed by atoms with E-state index in [0.717, 1.165) is 29.0 Å². The van der Waals surface area contributed by atoms with E-state index in [2.05, 4.69) is 53.7 Å². The number of halogens is 1. The van der Waals surface area contributed by atoms with Crippen molar-refractivity contribution in [1.29, 1.82) is 0 Å². The van der Waals surface area contributed by atoms with Gasteiger partial charge in [-0.15, -0.1) is 0 Å². The molecule has 0 radical (unpaired) electrons. The zero-order chi connectivity index (χ0) is 14.9. The zero-order valence-corrected chi connectivity index (χ0v) is 14.9. The number of hydrogen-bond acceptors (Lipinski definition) is 2. The second kappa shape index (κ2) is 6.02. The second-order valence-corrected chi connectivity index (χ2v) is 7.95. The van der Waals surface area contributed by atoms with Crippen LogP contribution < -0.4 is 10.6 Å². The van der Waals surface area contributed by atoms with Gasteiger partial charge in [-0.05, 0) is 58.3 Å². The van der Waals surface area contributed by atoms with Crippen LogP contribution in [0.15, 0.2) is 22.7 Å². The van der Waals surface area contributed by atoms with Crippen molar-refractivity contribution in [2.75, 3.05) is 18.0 Å². The lowest BCUT2D eigenvalue weighted by Crippen LogP contribution is -2.38. The van der Waals surface area contributed by atoms with Gasteiger partial charge in [0.1, 0.15) is 4.99 Å². The molecule has 0 saturated carbocycles. The second-order valence-electron chi connectivity index (χ2n) is 6.66. The fourth-order valence-electron chi connectivity index (χ4n) is 2.90. The van der Waals surface area contributed by atoms with Crippen molar-refractivity contribution in [3.63, 3.8) is 0 Å². The first kappa shape index (κ1) is 15.8. The molecule has 0 aromatic heterocycles. The summed E-state index contributed by atoms with van der Waals surface area (Å²) >= 11 is 8.60. The molecule has 4 heteroatoms. The minimum atomic E-state index is 0.419. The van der Waals surface area contributed by atoms with E-state index in [9.17, 15) is 0 Å². The lowest BCUT2D eigenvalue weighted by molar-refractivity contribution is 0.199. The van der Waals surface area contributed by atoms with Gasteiger partial charge in [0.05, 0.1) is 0 Å². The fourth-order valence-corrected chi connectivity index (χ4v) is 3.79. The van der Waals surface area contributed by atoms with Gasteiger partial charge in [0.15, 0.2) is 0 Å². The van der Waals surface area contributed by atoms with Crippen molar-refractivity contribution in [3.8, 4) is 0 Å². The van der Waals surface area contributed by atoms with Crippen LogP contribution in [0.25, 0.3) is 0 Å². The third kappa shape index (κ3) is 3.53. The molecule has 1 fully saturated rings. The fraction of sp³-hybridized carbons (Fsp3) is 0.562. The Hall–Kier alpha value is -0.610. The predicted octanol–water partition coefficient (Wildman–Crippen LogP) is 4.35. The van der Waals surface area contributed by atoms with Gasteiger partial charge in [-0.2, -0.15) is 0 Å². The van der Waals surface area contributed by atoms with Crippen LogP contribution in [0.5, 0.6) is 0 Å². The van der Waals surface area contributed by atoms with Crippen molar-refractivity contribution in [2.45, 2.75) is 33.6 Å². The maximum absolute atomic E-state index is 5.70. The number of nitrogens with two attached hydrogens (primary N) is 1. The average molecular weight is 355 g/mol. The van der Waals surface area contributed by atoms with Gasteiger partial charge in [0, 0.05) is 28.8 Å². The Morgan fingerprint density at radius 3 is 2.35 bits per heavy atom. The number of rotatable bonds is 2. The maximum atomic E-state index is 5.70. The van der Waals surface area contributed by atoms with Crippen molar-refractivity contribution < 1.29 is 0 Å². The molecule has 0 amide bonds. The van der Waals surface area contributed by atoms with Crippen LogP contribution in [0.4, 0.5) is 5.69 Å². The first-order chi connectivity index (χ1) is 9.29. The van der Waals surface area contributed by atoms with Crippen LogP contribution in [-0.2, 0) is 0 Å². The summed E-state index contributed by atoms with van der Waals surface area (Å²) in [4.78, 5) is 2.89. The van der Waals surface area contributed by atoms with Gasteiger partial charge >= 0.3 is 0 Å². The Labute approximate surface area is 135 Å². The third-order valence-electron chi connectivity index (χ3n) is 4.30. The van der Waals surface area contributed by atoms with Crippen molar-refractivity contribution >= 4 is 38.8 Å². The largest absolute Gasteiger partial charge is 0.389 e. The summed E-state index contributed by atoms with van der Waals surface area (Å²) in [5.74, 6) is 0.818. The number of nitrogens with zero attached hydrogens (tertiary/aromatic N) is 1. The average Bonchev–Trinajstić information content (AvgIpc) is 2.37. The smallest absolute Gasteiger partial charge is 0.105 e. The van der Waals surface area contributed by atoms with Gasteiger partial charge in [-0.1, -0.05) is 33.0 Å². The highest BCUT2D eigenvalue weighted by molar-refractivity contribution is 9.10. The van der Waals surface area contributed by atoms with Gasteiger partial charge in [-0.25, -0.2) is 0 Å². The normalized spacial score (nSPS) is 17.3. The SMILES string of the molecule is CC(C)(C)C1CCN(c2ccc(C(N)=S)c(Br)c2)CC1. The Morgan fingerprint density at radius 2 is 1.90 bits per heavy atom. The van der Waals surface area contributed by atoms with Crippen molar-refractivity contribution in [1.82, 2.24) is 0 Å². The van der Waals surface area contributed by atoms with E-state index in [4.69, 9.17) is 18.0 Å². The van der Waals surface area contributed by atoms with Gasteiger partial charge in [0.25, 0.3) is 0 Å². The Morgan fingerprint density at radius 1 is 1.30 bits per heavy atom. The highest BCUT2D eigenvalue weighted by Crippen LogP contribution is 2.36. The highest BCUT2D eigenvalue weighted by atomic mass is 79.9. The van der Waals surface area contributed by atoms with Crippen LogP contribution in [0.1, 0.15) is 39.2 Å². The van der Waals surface area contributed by atoms with E-state index in [0.29, 0.717) is 10.4 Å². The molecule has 2 rings (SSSR count). The molecule has 1 aromatic carbocycles. The quantitative estimate of drug-likeness (QED) is 0.800. The lowest BCUT2D eigenvalue weighted by Gasteiger charge is -2.39. The minimum absolute atomic E-state index is 0.419. The van der Waals surface area contributed by atoms with Gasteiger partial charge in [-0.3, -0.25) is 0 Å². The van der Waals surface area contributed by atoms with Gasteiger partial charge < -0.3 is 10.6 Å². The molecule has 1 aromatic rings. The van der Waals surface area contributed by atoms with Crippen LogP contribution in [0.3, 0.4) is 0 Å². The highest BCUT2D eigenvalue weighted by Gasteiger charge is 2.28. The molecule has 0 atom stereocenters. The summed E-state index contributed by atoms with van der Waals surface area (Å²) in [6.45, 7) is 9.30. The summed E-state index contributed by atoms with van der Waals surface area (Å²) in [6, 6.07) is 6.26. The monoisotopic (exact) mass is 354 g/mol. The molecule has 1 saturated heterocycles. The maximum Gasteiger partial charge on any atom is 0.105 e. The molecule has 1 aliphatic rings. The molecule has 0 unspecified atom stereocenters. The molecule has 1 aliphatic heterocycles. The number of benzene rings is 1. The Bertz CT molecular complexity index is 500. The van der Waals surface area contributed by atoms with E-state index in [1.807, 2.05) is 6.07 Å². The molecule has 20 heavy (non-hydrogen) atoms. The molecular weight excluding hydrogens is 332 g/mol. The first-order valence-corrected chi connectivity index (χ1v) is 8.33. The number of piperidine rings is 1. The predicted molar refractivity (Wildman–Crippen MR) is 94.4 cm³/mol. The lowest BCUT2D eigenvalue weighted by atomic mass is 9.75. The number of anilines is 1. The standard InChI is InChI=1S/C16H23BrN2S/c1-16(2,3)11-6-8-19(9-7-11)12-4-5-13(15(18)20)14(17)10-12/h4-5,10-11H,6-9H2,1-3H3,(H2,18,20). The molecule has 2 nitrogen and oxygen atoms in total. The Balaban J connectivity index is 2.08. The number of thiocarbonyl (C=S) groups is 1. The summed E-state index contributed by atoms with van der Waals surface area (Å²) in [7, 11) is 0. The van der Waals surface area contributed by atoms with Crippen LogP contribution >= 0.6 is 28.1 Å². The van der Waals surface area contributed by atoms with Gasteiger partial charge in [0.2, 0.25) is 0 Å². The molecule has 2 N–H and O–H groups in total. The van der Waals surface area contributed by atoms with Crippen LogP contribution in [-0.4, -0.2) is 18.1 Å². The van der Waals surface area contributed by atoms with Crippen molar-refractivity contribution in [3.05, 3.63) is 28.2 Å². The molecule has 110 valence electrons. The molecular formula is C16H23BrN2S. The van der Waals surface area contributed by atoms with E-state index in [1.165, 1.54) is 18.5 Å². The number of hydrogen-bond donors (Lipinski definition) is 1. The zero-order valence-electron chi connectivity index (χ0n) is 12.4.